The van der Waals surface area contributed by atoms with E-state index < -0.39 is 0 Å². The third kappa shape index (κ3) is 5.48. The van der Waals surface area contributed by atoms with Crippen LogP contribution < -0.4 is 10.6 Å². The molecule has 2 amide bonds. The molecule has 1 saturated carbocycles. The molecule has 2 N–H and O–H groups in total. The number of hydrogen-bond donors (Lipinski definition) is 2. The number of nitrogens with one attached hydrogen (secondary N) is 2. The van der Waals surface area contributed by atoms with Gasteiger partial charge in [0.2, 0.25) is 11.8 Å². The smallest absolute Gasteiger partial charge is 0.243 e. The Bertz CT molecular complexity index is 562. The fourth-order valence-corrected chi connectivity index (χ4v) is 2.22. The number of carbonyl (C=O) groups is 2. The maximum Gasteiger partial charge on any atom is 0.243 e. The van der Waals surface area contributed by atoms with E-state index in [4.69, 9.17) is 23.2 Å². The van der Waals surface area contributed by atoms with E-state index in [-0.39, 0.29) is 24.9 Å². The molecule has 7 heteroatoms. The normalized spacial score (nSPS) is 13.8. The van der Waals surface area contributed by atoms with Crippen LogP contribution >= 0.6 is 23.2 Å². The lowest BCUT2D eigenvalue weighted by molar-refractivity contribution is -0.132. The Morgan fingerprint density at radius 3 is 2.64 bits per heavy atom. The summed E-state index contributed by atoms with van der Waals surface area (Å²) < 4.78 is 0. The van der Waals surface area contributed by atoms with Gasteiger partial charge >= 0.3 is 0 Å². The summed E-state index contributed by atoms with van der Waals surface area (Å²) in [6.07, 6.45) is 2.48. The second kappa shape index (κ2) is 7.81. The highest BCUT2D eigenvalue weighted by molar-refractivity contribution is 6.42. The topological polar surface area (TPSA) is 61.4 Å². The first-order chi connectivity index (χ1) is 10.5. The van der Waals surface area contributed by atoms with Gasteiger partial charge in [-0.05, 0) is 43.5 Å². The zero-order valence-electron chi connectivity index (χ0n) is 12.4. The summed E-state index contributed by atoms with van der Waals surface area (Å²) >= 11 is 11.7. The SMILES string of the molecule is CN(CC(=O)Nc1ccc(Cl)c(Cl)c1)C(=O)CNCC1CC1. The largest absolute Gasteiger partial charge is 0.335 e. The van der Waals surface area contributed by atoms with Gasteiger partial charge in [0.1, 0.15) is 0 Å². The number of rotatable bonds is 7. The van der Waals surface area contributed by atoms with Crippen molar-refractivity contribution in [2.75, 3.05) is 32.0 Å². The number of halogens is 2. The second-order valence-electron chi connectivity index (χ2n) is 5.50. The third-order valence-electron chi connectivity index (χ3n) is 3.42. The van der Waals surface area contributed by atoms with E-state index in [2.05, 4.69) is 10.6 Å². The predicted octanol–water partition coefficient (Wildman–Crippen LogP) is 2.39. The lowest BCUT2D eigenvalue weighted by Crippen LogP contribution is -2.40. The molecule has 5 nitrogen and oxygen atoms in total. The van der Waals surface area contributed by atoms with E-state index >= 15 is 0 Å². The Hall–Kier alpha value is -1.30. The molecule has 1 aromatic rings. The molecule has 0 unspecified atom stereocenters. The van der Waals surface area contributed by atoms with E-state index in [1.54, 1.807) is 25.2 Å². The lowest BCUT2D eigenvalue weighted by Gasteiger charge is -2.17. The summed E-state index contributed by atoms with van der Waals surface area (Å²) in [6.45, 7) is 1.12. The standard InChI is InChI=1S/C15H19Cl2N3O2/c1-20(15(22)8-18-7-10-2-3-10)9-14(21)19-11-4-5-12(16)13(17)6-11/h4-6,10,18H,2-3,7-9H2,1H3,(H,19,21). The van der Waals surface area contributed by atoms with Crippen molar-refractivity contribution >= 4 is 40.7 Å². The van der Waals surface area contributed by atoms with E-state index in [1.807, 2.05) is 0 Å². The van der Waals surface area contributed by atoms with Crippen LogP contribution in [0.5, 0.6) is 0 Å². The van der Waals surface area contributed by atoms with Gasteiger partial charge in [-0.15, -0.1) is 0 Å². The fourth-order valence-electron chi connectivity index (χ4n) is 1.92. The van der Waals surface area contributed by atoms with Crippen LogP contribution in [0.2, 0.25) is 10.0 Å². The highest BCUT2D eigenvalue weighted by Gasteiger charge is 2.21. The number of nitrogens with zero attached hydrogens (tertiary/aromatic N) is 1. The van der Waals surface area contributed by atoms with Crippen molar-refractivity contribution in [1.29, 1.82) is 0 Å². The summed E-state index contributed by atoms with van der Waals surface area (Å²) in [7, 11) is 1.61. The molecule has 1 aromatic carbocycles. The van der Waals surface area contributed by atoms with E-state index in [0.717, 1.165) is 12.5 Å². The molecule has 2 rings (SSSR count). The van der Waals surface area contributed by atoms with Gasteiger partial charge < -0.3 is 15.5 Å². The Kier molecular flexibility index (Phi) is 6.06. The Morgan fingerprint density at radius 1 is 1.27 bits per heavy atom. The zero-order chi connectivity index (χ0) is 16.1. The zero-order valence-corrected chi connectivity index (χ0v) is 13.9. The highest BCUT2D eigenvalue weighted by Crippen LogP contribution is 2.27. The molecule has 22 heavy (non-hydrogen) atoms. The van der Waals surface area contributed by atoms with Crippen LogP contribution in [0.4, 0.5) is 5.69 Å². The number of carbonyl (C=O) groups excluding carboxylic acids is 2. The molecule has 0 atom stereocenters. The van der Waals surface area contributed by atoms with Crippen LogP contribution in [0.15, 0.2) is 18.2 Å². The van der Waals surface area contributed by atoms with Gasteiger partial charge in [0, 0.05) is 12.7 Å². The van der Waals surface area contributed by atoms with Crippen molar-refractivity contribution in [2.24, 2.45) is 5.92 Å². The molecule has 0 heterocycles. The van der Waals surface area contributed by atoms with Crippen molar-refractivity contribution in [3.8, 4) is 0 Å². The molecule has 1 aliphatic carbocycles. The Morgan fingerprint density at radius 2 is 2.00 bits per heavy atom. The van der Waals surface area contributed by atoms with E-state index in [0.29, 0.717) is 15.7 Å². The van der Waals surface area contributed by atoms with E-state index in [9.17, 15) is 9.59 Å². The van der Waals surface area contributed by atoms with Crippen LogP contribution in [0.3, 0.4) is 0 Å². The van der Waals surface area contributed by atoms with Gasteiger partial charge in [-0.2, -0.15) is 0 Å². The summed E-state index contributed by atoms with van der Waals surface area (Å²) in [5, 5.41) is 6.59. The van der Waals surface area contributed by atoms with Crippen LogP contribution in [0.25, 0.3) is 0 Å². The summed E-state index contributed by atoms with van der Waals surface area (Å²) in [6, 6.07) is 4.84. The summed E-state index contributed by atoms with van der Waals surface area (Å²) in [5.41, 5.74) is 0.548. The lowest BCUT2D eigenvalue weighted by atomic mass is 10.3. The molecule has 0 radical (unpaired) electrons. The van der Waals surface area contributed by atoms with Crippen LogP contribution in [-0.4, -0.2) is 43.4 Å². The first-order valence-electron chi connectivity index (χ1n) is 7.15. The first kappa shape index (κ1) is 17.1. The molecule has 0 bridgehead atoms. The van der Waals surface area contributed by atoms with Crippen molar-refractivity contribution in [3.63, 3.8) is 0 Å². The van der Waals surface area contributed by atoms with Crippen LogP contribution in [0, 0.1) is 5.92 Å². The second-order valence-corrected chi connectivity index (χ2v) is 6.32. The number of hydrogen-bond acceptors (Lipinski definition) is 3. The van der Waals surface area contributed by atoms with Gasteiger partial charge in [0.05, 0.1) is 23.1 Å². The maximum absolute atomic E-state index is 11.9. The highest BCUT2D eigenvalue weighted by atomic mass is 35.5. The molecule has 0 spiro atoms. The van der Waals surface area contributed by atoms with Crippen LogP contribution in [0.1, 0.15) is 12.8 Å². The molecule has 0 saturated heterocycles. The minimum atomic E-state index is -0.281. The van der Waals surface area contributed by atoms with Gasteiger partial charge in [-0.1, -0.05) is 23.2 Å². The van der Waals surface area contributed by atoms with Crippen molar-refractivity contribution in [3.05, 3.63) is 28.2 Å². The van der Waals surface area contributed by atoms with Crippen molar-refractivity contribution in [2.45, 2.75) is 12.8 Å². The molecule has 1 aliphatic rings. The van der Waals surface area contributed by atoms with E-state index in [1.165, 1.54) is 17.7 Å². The minimum absolute atomic E-state index is 0.00973. The van der Waals surface area contributed by atoms with Crippen LogP contribution in [-0.2, 0) is 9.59 Å². The average Bonchev–Trinajstić information content (AvgIpc) is 3.26. The number of amides is 2. The van der Waals surface area contributed by atoms with Gasteiger partial charge in [-0.25, -0.2) is 0 Å². The summed E-state index contributed by atoms with van der Waals surface area (Å²) in [5.74, 6) is 0.331. The minimum Gasteiger partial charge on any atom is -0.335 e. The maximum atomic E-state index is 11.9. The average molecular weight is 344 g/mol. The van der Waals surface area contributed by atoms with Crippen molar-refractivity contribution < 1.29 is 9.59 Å². The quantitative estimate of drug-likeness (QED) is 0.798. The number of likely N-dealkylation sites (N-methyl/N-ethyl adjacent to an activating group) is 1. The molecule has 0 aromatic heterocycles. The predicted molar refractivity (Wildman–Crippen MR) is 88.3 cm³/mol. The molecule has 120 valence electrons. The van der Waals surface area contributed by atoms with Gasteiger partial charge in [0.25, 0.3) is 0 Å². The van der Waals surface area contributed by atoms with Crippen molar-refractivity contribution in [1.82, 2.24) is 10.2 Å². The Balaban J connectivity index is 1.74. The fraction of sp³-hybridized carbons (Fsp3) is 0.467. The number of anilines is 1. The molecule has 1 fully saturated rings. The molecular weight excluding hydrogens is 325 g/mol. The monoisotopic (exact) mass is 343 g/mol. The first-order valence-corrected chi connectivity index (χ1v) is 7.91. The molecular formula is C15H19Cl2N3O2. The summed E-state index contributed by atoms with van der Waals surface area (Å²) in [4.78, 5) is 25.2. The third-order valence-corrected chi connectivity index (χ3v) is 4.16. The van der Waals surface area contributed by atoms with Gasteiger partial charge in [-0.3, -0.25) is 9.59 Å². The Labute approximate surface area is 139 Å². The van der Waals surface area contributed by atoms with Gasteiger partial charge in [0.15, 0.2) is 0 Å². The number of benzene rings is 1. The molecule has 0 aliphatic heterocycles.